The Morgan fingerprint density at radius 3 is 2.72 bits per heavy atom. The molecule has 1 aromatic rings. The number of amides is 1. The summed E-state index contributed by atoms with van der Waals surface area (Å²) >= 11 is 0. The van der Waals surface area contributed by atoms with E-state index in [1.807, 2.05) is 29.2 Å². The maximum atomic E-state index is 12.4. The van der Waals surface area contributed by atoms with E-state index in [0.29, 0.717) is 19.0 Å². The van der Waals surface area contributed by atoms with E-state index in [4.69, 9.17) is 9.47 Å². The molecular formula is C19H24N2O4. The molecule has 1 aliphatic carbocycles. The van der Waals surface area contributed by atoms with E-state index in [-0.39, 0.29) is 18.8 Å². The van der Waals surface area contributed by atoms with Gasteiger partial charge in [0.25, 0.3) is 0 Å². The van der Waals surface area contributed by atoms with Crippen molar-refractivity contribution in [2.75, 3.05) is 39.5 Å². The first-order valence-corrected chi connectivity index (χ1v) is 8.96. The van der Waals surface area contributed by atoms with Gasteiger partial charge in [-0.05, 0) is 42.5 Å². The SMILES string of the molecule is O=C(/C=C/c1ccc2c(c1)OCO2)N1CCN(C[C@H](O)C2CC2)CC1. The molecular weight excluding hydrogens is 320 g/mol. The molecule has 1 atom stereocenters. The molecule has 2 aliphatic heterocycles. The normalized spacial score (nSPS) is 21.7. The van der Waals surface area contributed by atoms with Crippen molar-refractivity contribution in [1.82, 2.24) is 9.80 Å². The molecule has 2 heterocycles. The Bertz CT molecular complexity index is 663. The van der Waals surface area contributed by atoms with Crippen LogP contribution in [0.15, 0.2) is 24.3 Å². The molecule has 0 aromatic heterocycles. The number of rotatable bonds is 5. The number of β-amino-alcohol motifs (C(OH)–C–C–N with tert-alkyl or cyclic N) is 1. The van der Waals surface area contributed by atoms with Gasteiger partial charge in [0, 0.05) is 38.8 Å². The minimum atomic E-state index is -0.201. The van der Waals surface area contributed by atoms with E-state index >= 15 is 0 Å². The predicted molar refractivity (Wildman–Crippen MR) is 93.3 cm³/mol. The third-order valence-corrected chi connectivity index (χ3v) is 5.11. The lowest BCUT2D eigenvalue weighted by Crippen LogP contribution is -2.50. The number of piperazine rings is 1. The lowest BCUT2D eigenvalue weighted by molar-refractivity contribution is -0.127. The summed E-state index contributed by atoms with van der Waals surface area (Å²) in [4.78, 5) is 16.5. The average molecular weight is 344 g/mol. The summed E-state index contributed by atoms with van der Waals surface area (Å²) in [6.07, 6.45) is 5.54. The number of ether oxygens (including phenoxy) is 2. The van der Waals surface area contributed by atoms with Crippen molar-refractivity contribution in [3.63, 3.8) is 0 Å². The Morgan fingerprint density at radius 2 is 1.96 bits per heavy atom. The number of carbonyl (C=O) groups is 1. The largest absolute Gasteiger partial charge is 0.454 e. The fraction of sp³-hybridized carbons (Fsp3) is 0.526. The van der Waals surface area contributed by atoms with E-state index < -0.39 is 0 Å². The van der Waals surface area contributed by atoms with Gasteiger partial charge in [-0.3, -0.25) is 9.69 Å². The Morgan fingerprint density at radius 1 is 1.20 bits per heavy atom. The van der Waals surface area contributed by atoms with Crippen LogP contribution in [0.4, 0.5) is 0 Å². The van der Waals surface area contributed by atoms with Crippen molar-refractivity contribution < 1.29 is 19.4 Å². The third-order valence-electron chi connectivity index (χ3n) is 5.11. The van der Waals surface area contributed by atoms with Crippen molar-refractivity contribution >= 4 is 12.0 Å². The molecule has 6 nitrogen and oxygen atoms in total. The van der Waals surface area contributed by atoms with Crippen LogP contribution in [0.1, 0.15) is 18.4 Å². The van der Waals surface area contributed by atoms with Gasteiger partial charge in [-0.25, -0.2) is 0 Å². The second kappa shape index (κ2) is 7.06. The zero-order chi connectivity index (χ0) is 17.2. The van der Waals surface area contributed by atoms with Crippen molar-refractivity contribution in [2.45, 2.75) is 18.9 Å². The van der Waals surface area contributed by atoms with Crippen molar-refractivity contribution in [3.05, 3.63) is 29.8 Å². The molecule has 134 valence electrons. The first-order chi connectivity index (χ1) is 12.2. The fourth-order valence-electron chi connectivity index (χ4n) is 3.34. The molecule has 1 amide bonds. The van der Waals surface area contributed by atoms with Crippen molar-refractivity contribution in [3.8, 4) is 11.5 Å². The van der Waals surface area contributed by atoms with Gasteiger partial charge < -0.3 is 19.5 Å². The summed E-state index contributed by atoms with van der Waals surface area (Å²) < 4.78 is 10.6. The van der Waals surface area contributed by atoms with E-state index in [9.17, 15) is 9.90 Å². The van der Waals surface area contributed by atoms with E-state index in [2.05, 4.69) is 4.90 Å². The fourth-order valence-corrected chi connectivity index (χ4v) is 3.34. The Hall–Kier alpha value is -2.05. The van der Waals surface area contributed by atoms with Gasteiger partial charge in [0.1, 0.15) is 0 Å². The second-order valence-electron chi connectivity index (χ2n) is 6.98. The number of benzene rings is 1. The van der Waals surface area contributed by atoms with Crippen LogP contribution in [-0.2, 0) is 4.79 Å². The van der Waals surface area contributed by atoms with Gasteiger partial charge in [0.2, 0.25) is 12.7 Å². The van der Waals surface area contributed by atoms with Gasteiger partial charge in [0.15, 0.2) is 11.5 Å². The van der Waals surface area contributed by atoms with E-state index in [1.54, 1.807) is 6.08 Å². The molecule has 0 bridgehead atoms. The van der Waals surface area contributed by atoms with Gasteiger partial charge >= 0.3 is 0 Å². The summed E-state index contributed by atoms with van der Waals surface area (Å²) in [6, 6.07) is 5.65. The molecule has 25 heavy (non-hydrogen) atoms. The van der Waals surface area contributed by atoms with Gasteiger partial charge in [-0.2, -0.15) is 0 Å². The monoisotopic (exact) mass is 344 g/mol. The highest BCUT2D eigenvalue weighted by Gasteiger charge is 2.31. The van der Waals surface area contributed by atoms with Crippen LogP contribution in [0.2, 0.25) is 0 Å². The maximum absolute atomic E-state index is 12.4. The van der Waals surface area contributed by atoms with E-state index in [0.717, 1.165) is 49.5 Å². The summed E-state index contributed by atoms with van der Waals surface area (Å²) in [5.41, 5.74) is 0.920. The van der Waals surface area contributed by atoms with Crippen LogP contribution < -0.4 is 9.47 Å². The quantitative estimate of drug-likeness (QED) is 0.817. The lowest BCUT2D eigenvalue weighted by atomic mass is 10.1. The molecule has 1 aromatic carbocycles. The molecule has 1 N–H and O–H groups in total. The number of carbonyl (C=O) groups excluding carboxylic acids is 1. The molecule has 1 saturated carbocycles. The van der Waals surface area contributed by atoms with Gasteiger partial charge in [-0.1, -0.05) is 6.07 Å². The zero-order valence-electron chi connectivity index (χ0n) is 14.3. The Balaban J connectivity index is 1.27. The smallest absolute Gasteiger partial charge is 0.246 e. The number of aliphatic hydroxyl groups excluding tert-OH is 1. The molecule has 2 fully saturated rings. The topological polar surface area (TPSA) is 62.2 Å². The van der Waals surface area contributed by atoms with Crippen LogP contribution in [0.3, 0.4) is 0 Å². The predicted octanol–water partition coefficient (Wildman–Crippen LogP) is 1.34. The highest BCUT2D eigenvalue weighted by atomic mass is 16.7. The van der Waals surface area contributed by atoms with E-state index in [1.165, 1.54) is 0 Å². The number of fused-ring (bicyclic) bond motifs is 1. The molecule has 3 aliphatic rings. The maximum Gasteiger partial charge on any atom is 0.246 e. The zero-order valence-corrected chi connectivity index (χ0v) is 14.3. The summed E-state index contributed by atoms with van der Waals surface area (Å²) in [7, 11) is 0. The van der Waals surface area contributed by atoms with Gasteiger partial charge in [-0.15, -0.1) is 0 Å². The standard InChI is InChI=1S/C19H24N2O4/c22-16(15-3-4-15)12-20-7-9-21(10-8-20)19(23)6-2-14-1-5-17-18(11-14)25-13-24-17/h1-2,5-6,11,15-16,22H,3-4,7-10,12-13H2/b6-2+/t16-/m0/s1. The summed E-state index contributed by atoms with van der Waals surface area (Å²) in [5, 5.41) is 10.0. The minimum Gasteiger partial charge on any atom is -0.454 e. The van der Waals surface area contributed by atoms with Crippen LogP contribution >= 0.6 is 0 Å². The summed E-state index contributed by atoms with van der Waals surface area (Å²) in [6.45, 7) is 4.06. The Kier molecular flexibility index (Phi) is 4.63. The lowest BCUT2D eigenvalue weighted by Gasteiger charge is -2.35. The second-order valence-corrected chi connectivity index (χ2v) is 6.98. The Labute approximate surface area is 147 Å². The minimum absolute atomic E-state index is 0.0278. The molecule has 0 unspecified atom stereocenters. The molecule has 0 spiro atoms. The van der Waals surface area contributed by atoms with Crippen LogP contribution in [0.5, 0.6) is 11.5 Å². The first kappa shape index (κ1) is 16.4. The summed E-state index contributed by atoms with van der Waals surface area (Å²) in [5.74, 6) is 2.00. The molecule has 1 saturated heterocycles. The van der Waals surface area contributed by atoms with Crippen LogP contribution in [0, 0.1) is 5.92 Å². The first-order valence-electron chi connectivity index (χ1n) is 8.96. The van der Waals surface area contributed by atoms with Crippen molar-refractivity contribution in [1.29, 1.82) is 0 Å². The molecule has 0 radical (unpaired) electrons. The molecule has 4 rings (SSSR count). The molecule has 6 heteroatoms. The van der Waals surface area contributed by atoms with Crippen LogP contribution in [-0.4, -0.2) is 66.4 Å². The van der Waals surface area contributed by atoms with Gasteiger partial charge in [0.05, 0.1) is 6.10 Å². The highest BCUT2D eigenvalue weighted by Crippen LogP contribution is 2.33. The number of aliphatic hydroxyl groups is 1. The number of hydrogen-bond acceptors (Lipinski definition) is 5. The van der Waals surface area contributed by atoms with Crippen LogP contribution in [0.25, 0.3) is 6.08 Å². The van der Waals surface area contributed by atoms with Crippen molar-refractivity contribution in [2.24, 2.45) is 5.92 Å². The number of hydrogen-bond donors (Lipinski definition) is 1. The number of nitrogens with zero attached hydrogens (tertiary/aromatic N) is 2. The average Bonchev–Trinajstić information content (AvgIpc) is 3.38. The highest BCUT2D eigenvalue weighted by molar-refractivity contribution is 5.92. The third kappa shape index (κ3) is 3.96.